The fourth-order valence-electron chi connectivity index (χ4n) is 1.16. The van der Waals surface area contributed by atoms with E-state index in [-0.39, 0.29) is 0 Å². The number of rotatable bonds is 5. The molecule has 0 aliphatic heterocycles. The third kappa shape index (κ3) is 2.63. The van der Waals surface area contributed by atoms with Crippen LogP contribution in [0, 0.1) is 0 Å². The molecule has 5 heteroatoms. The number of aryl methyl sites for hydroxylation is 1. The number of imidazole rings is 2. The van der Waals surface area contributed by atoms with Crippen LogP contribution in [0.1, 0.15) is 6.42 Å². The molecule has 74 valence electrons. The van der Waals surface area contributed by atoms with Crippen molar-refractivity contribution >= 4 is 11.8 Å². The van der Waals surface area contributed by atoms with Crippen LogP contribution in [0.2, 0.25) is 0 Å². The maximum Gasteiger partial charge on any atom is 0.165 e. The summed E-state index contributed by atoms with van der Waals surface area (Å²) in [4.78, 5) is 11.2. The third-order valence-corrected chi connectivity index (χ3v) is 2.82. The van der Waals surface area contributed by atoms with Crippen LogP contribution < -0.4 is 0 Å². The van der Waals surface area contributed by atoms with Gasteiger partial charge in [-0.2, -0.15) is 0 Å². The average Bonchev–Trinajstić information content (AvgIpc) is 2.86. The highest BCUT2D eigenvalue weighted by atomic mass is 32.2. The number of hydrogen-bond acceptors (Lipinski definition) is 3. The van der Waals surface area contributed by atoms with Crippen LogP contribution in [0.5, 0.6) is 0 Å². The van der Waals surface area contributed by atoms with Gasteiger partial charge in [0, 0.05) is 37.1 Å². The summed E-state index contributed by atoms with van der Waals surface area (Å²) >= 11 is 1.75. The third-order valence-electron chi connectivity index (χ3n) is 1.83. The van der Waals surface area contributed by atoms with Gasteiger partial charge in [-0.15, -0.1) is 0 Å². The molecule has 0 saturated heterocycles. The normalized spacial score (nSPS) is 10.6. The Labute approximate surface area is 86.8 Å². The second-order valence-electron chi connectivity index (χ2n) is 2.90. The minimum atomic E-state index is 0.996. The minimum absolute atomic E-state index is 0.996. The molecular weight excluding hydrogens is 196 g/mol. The highest BCUT2D eigenvalue weighted by molar-refractivity contribution is 7.99. The summed E-state index contributed by atoms with van der Waals surface area (Å²) in [6.45, 7) is 1.02. The number of hydrogen-bond donors (Lipinski definition) is 1. The van der Waals surface area contributed by atoms with E-state index in [2.05, 4.69) is 19.5 Å². The Morgan fingerprint density at radius 1 is 1.43 bits per heavy atom. The predicted octanol–water partition coefficient (Wildman–Crippen LogP) is 1.79. The Bertz CT molecular complexity index is 305. The van der Waals surface area contributed by atoms with E-state index in [1.807, 2.05) is 18.7 Å². The molecule has 14 heavy (non-hydrogen) atoms. The zero-order chi connectivity index (χ0) is 9.64. The molecule has 0 spiro atoms. The largest absolute Gasteiger partial charge is 0.340 e. The molecule has 0 atom stereocenters. The molecule has 4 nitrogen and oxygen atoms in total. The van der Waals surface area contributed by atoms with Gasteiger partial charge in [-0.3, -0.25) is 0 Å². The average molecular weight is 208 g/mol. The maximum absolute atomic E-state index is 4.14. The van der Waals surface area contributed by atoms with Crippen molar-refractivity contribution in [2.45, 2.75) is 18.1 Å². The van der Waals surface area contributed by atoms with Crippen LogP contribution in [0.3, 0.4) is 0 Å². The Morgan fingerprint density at radius 3 is 3.14 bits per heavy atom. The zero-order valence-corrected chi connectivity index (χ0v) is 8.57. The summed E-state index contributed by atoms with van der Waals surface area (Å²) in [5.41, 5.74) is 0. The molecule has 2 aromatic heterocycles. The summed E-state index contributed by atoms with van der Waals surface area (Å²) in [6, 6.07) is 0. The topological polar surface area (TPSA) is 46.5 Å². The number of nitrogens with one attached hydrogen (secondary N) is 1. The molecule has 0 aliphatic rings. The molecule has 0 aromatic carbocycles. The van der Waals surface area contributed by atoms with E-state index in [4.69, 9.17) is 0 Å². The lowest BCUT2D eigenvalue weighted by Crippen LogP contribution is -1.95. The predicted molar refractivity (Wildman–Crippen MR) is 56.2 cm³/mol. The monoisotopic (exact) mass is 208 g/mol. The fourth-order valence-corrected chi connectivity index (χ4v) is 1.92. The second-order valence-corrected chi connectivity index (χ2v) is 3.98. The van der Waals surface area contributed by atoms with Gasteiger partial charge in [0.25, 0.3) is 0 Å². The number of aromatic amines is 1. The first-order chi connectivity index (χ1) is 6.95. The Morgan fingerprint density at radius 2 is 2.43 bits per heavy atom. The fraction of sp³-hybridized carbons (Fsp3) is 0.333. The minimum Gasteiger partial charge on any atom is -0.340 e. The highest BCUT2D eigenvalue weighted by Gasteiger charge is 1.95. The number of aromatic nitrogens is 4. The van der Waals surface area contributed by atoms with E-state index in [1.54, 1.807) is 24.2 Å². The van der Waals surface area contributed by atoms with Crippen molar-refractivity contribution in [1.29, 1.82) is 0 Å². The van der Waals surface area contributed by atoms with Crippen molar-refractivity contribution in [2.75, 3.05) is 5.75 Å². The SMILES string of the molecule is c1cn(CCCSc2ncc[nH]2)cn1. The molecule has 1 N–H and O–H groups in total. The molecule has 0 aliphatic carbocycles. The quantitative estimate of drug-likeness (QED) is 0.602. The van der Waals surface area contributed by atoms with Gasteiger partial charge >= 0.3 is 0 Å². The molecule has 0 bridgehead atoms. The molecule has 2 rings (SSSR count). The molecule has 0 fully saturated rings. The first kappa shape index (κ1) is 9.33. The Balaban J connectivity index is 1.65. The van der Waals surface area contributed by atoms with E-state index >= 15 is 0 Å². The lowest BCUT2D eigenvalue weighted by molar-refractivity contribution is 0.683. The molecule has 2 heterocycles. The van der Waals surface area contributed by atoms with Crippen molar-refractivity contribution in [3.8, 4) is 0 Å². The van der Waals surface area contributed by atoms with Gasteiger partial charge in [0.15, 0.2) is 5.16 Å². The number of H-pyrrole nitrogens is 1. The summed E-state index contributed by atoms with van der Waals surface area (Å²) < 4.78 is 2.09. The van der Waals surface area contributed by atoms with E-state index in [1.165, 1.54) is 0 Å². The van der Waals surface area contributed by atoms with Gasteiger partial charge in [-0.1, -0.05) is 11.8 Å². The number of nitrogens with zero attached hydrogens (tertiary/aromatic N) is 3. The first-order valence-corrected chi connectivity index (χ1v) is 5.51. The van der Waals surface area contributed by atoms with Gasteiger partial charge in [-0.25, -0.2) is 9.97 Å². The second kappa shape index (κ2) is 4.85. The number of thioether (sulfide) groups is 1. The maximum atomic E-state index is 4.14. The van der Waals surface area contributed by atoms with Gasteiger partial charge < -0.3 is 9.55 Å². The van der Waals surface area contributed by atoms with Gasteiger partial charge in [0.05, 0.1) is 6.33 Å². The highest BCUT2D eigenvalue weighted by Crippen LogP contribution is 2.12. The lowest BCUT2D eigenvalue weighted by Gasteiger charge is -2.00. The van der Waals surface area contributed by atoms with Crippen LogP contribution in [0.4, 0.5) is 0 Å². The van der Waals surface area contributed by atoms with Crippen LogP contribution in [-0.4, -0.2) is 25.3 Å². The molecule has 0 amide bonds. The summed E-state index contributed by atoms with van der Waals surface area (Å²) in [5.74, 6) is 1.08. The Kier molecular flexibility index (Phi) is 3.24. The summed E-state index contributed by atoms with van der Waals surface area (Å²) in [6.07, 6.45) is 10.4. The van der Waals surface area contributed by atoms with E-state index < -0.39 is 0 Å². The summed E-state index contributed by atoms with van der Waals surface area (Å²) in [5, 5.41) is 0.996. The van der Waals surface area contributed by atoms with Crippen molar-refractivity contribution in [2.24, 2.45) is 0 Å². The first-order valence-electron chi connectivity index (χ1n) is 4.53. The van der Waals surface area contributed by atoms with Crippen molar-refractivity contribution in [3.05, 3.63) is 31.1 Å². The van der Waals surface area contributed by atoms with Crippen LogP contribution >= 0.6 is 11.8 Å². The smallest absolute Gasteiger partial charge is 0.165 e. The standard InChI is InChI=1S/C9H12N4S/c1(5-13-6-4-10-8-13)7-14-9-11-2-3-12-9/h2-4,6,8H,1,5,7H2,(H,11,12). The van der Waals surface area contributed by atoms with Gasteiger partial charge in [0.2, 0.25) is 0 Å². The lowest BCUT2D eigenvalue weighted by atomic mass is 10.5. The molecular formula is C9H12N4S. The molecule has 0 unspecified atom stereocenters. The molecule has 2 aromatic rings. The van der Waals surface area contributed by atoms with Crippen molar-refractivity contribution < 1.29 is 0 Å². The Hall–Kier alpha value is -1.23. The molecule has 0 radical (unpaired) electrons. The van der Waals surface area contributed by atoms with Crippen LogP contribution in [0.15, 0.2) is 36.3 Å². The van der Waals surface area contributed by atoms with Gasteiger partial charge in [-0.05, 0) is 6.42 Å². The van der Waals surface area contributed by atoms with E-state index in [0.29, 0.717) is 0 Å². The van der Waals surface area contributed by atoms with E-state index in [0.717, 1.165) is 23.9 Å². The van der Waals surface area contributed by atoms with Crippen molar-refractivity contribution in [3.63, 3.8) is 0 Å². The van der Waals surface area contributed by atoms with E-state index in [9.17, 15) is 0 Å². The zero-order valence-electron chi connectivity index (χ0n) is 7.76. The molecule has 0 saturated carbocycles. The van der Waals surface area contributed by atoms with Gasteiger partial charge in [0.1, 0.15) is 0 Å². The van der Waals surface area contributed by atoms with Crippen molar-refractivity contribution in [1.82, 2.24) is 19.5 Å². The van der Waals surface area contributed by atoms with Crippen LogP contribution in [-0.2, 0) is 6.54 Å². The summed E-state index contributed by atoms with van der Waals surface area (Å²) in [7, 11) is 0. The van der Waals surface area contributed by atoms with Crippen LogP contribution in [0.25, 0.3) is 0 Å².